The molecule has 1 fully saturated rings. The summed E-state index contributed by atoms with van der Waals surface area (Å²) in [6.45, 7) is 1.77. The Kier molecular flexibility index (Phi) is 9.10. The maximum Gasteiger partial charge on any atom is 0.261 e. The third-order valence-electron chi connectivity index (χ3n) is 6.04. The van der Waals surface area contributed by atoms with Crippen molar-refractivity contribution in [1.82, 2.24) is 10.2 Å². The number of para-hydroxylation sites is 1. The minimum absolute atomic E-state index is 0.00922. The summed E-state index contributed by atoms with van der Waals surface area (Å²) in [5.74, 6) is -0.345. The largest absolute Gasteiger partial charge is 0.497 e. The van der Waals surface area contributed by atoms with Crippen LogP contribution >= 0.6 is 0 Å². The topological polar surface area (TPSA) is 67.9 Å². The first-order chi connectivity index (χ1) is 16.0. The lowest BCUT2D eigenvalue weighted by Gasteiger charge is -2.32. The second-order valence-corrected chi connectivity index (χ2v) is 8.36. The number of carbonyl (C=O) groups excluding carboxylic acids is 2. The molecular weight excluding hydrogens is 423 g/mol. The molecule has 1 aliphatic rings. The minimum Gasteiger partial charge on any atom is -0.497 e. The fraction of sp³-hybridized carbons (Fsp3) is 0.462. The number of carbonyl (C=O) groups is 2. The summed E-state index contributed by atoms with van der Waals surface area (Å²) in [5, 5.41) is 3.14. The number of hydrogen-bond acceptors (Lipinski definition) is 4. The number of halogens is 1. The van der Waals surface area contributed by atoms with Gasteiger partial charge in [0, 0.05) is 12.6 Å². The second kappa shape index (κ2) is 12.2. The molecule has 0 saturated heterocycles. The van der Waals surface area contributed by atoms with Crippen molar-refractivity contribution in [3.05, 3.63) is 59.9 Å². The van der Waals surface area contributed by atoms with Gasteiger partial charge in [-0.15, -0.1) is 0 Å². The molecule has 0 radical (unpaired) electrons. The van der Waals surface area contributed by atoms with Crippen LogP contribution < -0.4 is 14.8 Å². The molecule has 0 spiro atoms. The van der Waals surface area contributed by atoms with Gasteiger partial charge in [-0.05, 0) is 49.1 Å². The van der Waals surface area contributed by atoms with Crippen molar-refractivity contribution in [3.63, 3.8) is 0 Å². The average molecular weight is 457 g/mol. The van der Waals surface area contributed by atoms with E-state index in [-0.39, 0.29) is 36.8 Å². The Morgan fingerprint density at radius 3 is 2.42 bits per heavy atom. The number of nitrogens with zero attached hydrogens (tertiary/aromatic N) is 1. The molecule has 1 saturated carbocycles. The van der Waals surface area contributed by atoms with Crippen LogP contribution in [0, 0.1) is 5.82 Å². The van der Waals surface area contributed by atoms with Crippen LogP contribution in [0.25, 0.3) is 0 Å². The van der Waals surface area contributed by atoms with Crippen LogP contribution in [-0.4, -0.2) is 42.5 Å². The van der Waals surface area contributed by atoms with Crippen molar-refractivity contribution in [1.29, 1.82) is 0 Å². The van der Waals surface area contributed by atoms with Gasteiger partial charge in [-0.1, -0.05) is 50.5 Å². The summed E-state index contributed by atoms with van der Waals surface area (Å²) < 4.78 is 24.6. The SMILES string of the molecule is CC[C@H](C(=O)NC1CCCCC1)N(Cc1ccc(OC)cc1)C(=O)COc1ccccc1F. The van der Waals surface area contributed by atoms with E-state index in [4.69, 9.17) is 9.47 Å². The van der Waals surface area contributed by atoms with E-state index in [1.165, 1.54) is 23.5 Å². The van der Waals surface area contributed by atoms with Crippen LogP contribution in [0.15, 0.2) is 48.5 Å². The molecule has 2 aromatic carbocycles. The quantitative estimate of drug-likeness (QED) is 0.573. The van der Waals surface area contributed by atoms with E-state index in [2.05, 4.69) is 5.32 Å². The van der Waals surface area contributed by atoms with E-state index in [0.29, 0.717) is 12.2 Å². The monoisotopic (exact) mass is 456 g/mol. The zero-order valence-corrected chi connectivity index (χ0v) is 19.4. The third-order valence-corrected chi connectivity index (χ3v) is 6.04. The van der Waals surface area contributed by atoms with Crippen LogP contribution in [-0.2, 0) is 16.1 Å². The number of ether oxygens (including phenoxy) is 2. The van der Waals surface area contributed by atoms with Gasteiger partial charge in [-0.3, -0.25) is 9.59 Å². The standard InChI is InChI=1S/C26H33FN2O4/c1-3-23(26(31)28-20-9-5-4-6-10-20)29(17-19-13-15-21(32-2)16-14-19)25(30)18-33-24-12-8-7-11-22(24)27/h7-8,11-16,20,23H,3-6,9-10,17-18H2,1-2H3,(H,28,31)/t23-/m1/s1. The van der Waals surface area contributed by atoms with Gasteiger partial charge in [0.2, 0.25) is 5.91 Å². The highest BCUT2D eigenvalue weighted by atomic mass is 19.1. The van der Waals surface area contributed by atoms with Crippen LogP contribution in [0.2, 0.25) is 0 Å². The summed E-state index contributed by atoms with van der Waals surface area (Å²) in [7, 11) is 1.59. The minimum atomic E-state index is -0.647. The Morgan fingerprint density at radius 2 is 1.79 bits per heavy atom. The van der Waals surface area contributed by atoms with Crippen molar-refractivity contribution in [3.8, 4) is 11.5 Å². The fourth-order valence-electron chi connectivity index (χ4n) is 4.18. The molecule has 2 aromatic rings. The highest BCUT2D eigenvalue weighted by molar-refractivity contribution is 5.88. The Morgan fingerprint density at radius 1 is 1.09 bits per heavy atom. The fourth-order valence-corrected chi connectivity index (χ4v) is 4.18. The predicted octanol–water partition coefficient (Wildman–Crippen LogP) is 4.47. The van der Waals surface area contributed by atoms with E-state index >= 15 is 0 Å². The molecule has 6 nitrogen and oxygen atoms in total. The van der Waals surface area contributed by atoms with Crippen LogP contribution in [0.1, 0.15) is 51.0 Å². The molecule has 3 rings (SSSR count). The number of rotatable bonds is 10. The summed E-state index contributed by atoms with van der Waals surface area (Å²) in [5.41, 5.74) is 0.860. The van der Waals surface area contributed by atoms with Crippen LogP contribution in [0.4, 0.5) is 4.39 Å². The second-order valence-electron chi connectivity index (χ2n) is 8.36. The van der Waals surface area contributed by atoms with Gasteiger partial charge in [0.25, 0.3) is 5.91 Å². The van der Waals surface area contributed by atoms with E-state index in [9.17, 15) is 14.0 Å². The summed E-state index contributed by atoms with van der Waals surface area (Å²) >= 11 is 0. The van der Waals surface area contributed by atoms with E-state index in [0.717, 1.165) is 31.2 Å². The maximum atomic E-state index is 13.9. The molecule has 7 heteroatoms. The highest BCUT2D eigenvalue weighted by Crippen LogP contribution is 2.21. The van der Waals surface area contributed by atoms with Crippen LogP contribution in [0.3, 0.4) is 0 Å². The lowest BCUT2D eigenvalue weighted by Crippen LogP contribution is -2.52. The number of hydrogen-bond donors (Lipinski definition) is 1. The van der Waals surface area contributed by atoms with Crippen molar-refractivity contribution in [2.45, 2.75) is 64.1 Å². The Balaban J connectivity index is 1.76. The lowest BCUT2D eigenvalue weighted by atomic mass is 9.95. The van der Waals surface area contributed by atoms with Crippen LogP contribution in [0.5, 0.6) is 11.5 Å². The van der Waals surface area contributed by atoms with Gasteiger partial charge < -0.3 is 19.7 Å². The van der Waals surface area contributed by atoms with Crippen molar-refractivity contribution in [2.24, 2.45) is 0 Å². The number of benzene rings is 2. The number of methoxy groups -OCH3 is 1. The molecule has 1 aliphatic carbocycles. The van der Waals surface area contributed by atoms with Crippen molar-refractivity contribution >= 4 is 11.8 Å². The van der Waals surface area contributed by atoms with Gasteiger partial charge in [-0.25, -0.2) is 4.39 Å². The summed E-state index contributed by atoms with van der Waals surface area (Å²) in [6.07, 6.45) is 5.79. The van der Waals surface area contributed by atoms with Gasteiger partial charge in [0.05, 0.1) is 7.11 Å². The average Bonchev–Trinajstić information content (AvgIpc) is 2.84. The van der Waals surface area contributed by atoms with E-state index in [1.807, 2.05) is 31.2 Å². The van der Waals surface area contributed by atoms with Crippen molar-refractivity contribution < 1.29 is 23.5 Å². The molecule has 1 N–H and O–H groups in total. The lowest BCUT2D eigenvalue weighted by molar-refractivity contribution is -0.143. The van der Waals surface area contributed by atoms with Crippen molar-refractivity contribution in [2.75, 3.05) is 13.7 Å². The zero-order valence-electron chi connectivity index (χ0n) is 19.4. The summed E-state index contributed by atoms with van der Waals surface area (Å²) in [4.78, 5) is 27.9. The maximum absolute atomic E-state index is 13.9. The zero-order chi connectivity index (χ0) is 23.6. The molecule has 0 aromatic heterocycles. The predicted molar refractivity (Wildman–Crippen MR) is 125 cm³/mol. The van der Waals surface area contributed by atoms with E-state index < -0.39 is 11.9 Å². The van der Waals surface area contributed by atoms with Gasteiger partial charge in [0.1, 0.15) is 11.8 Å². The number of amides is 2. The first-order valence-electron chi connectivity index (χ1n) is 11.6. The molecule has 33 heavy (non-hydrogen) atoms. The third kappa shape index (κ3) is 6.94. The normalized spacial score (nSPS) is 14.9. The molecular formula is C26H33FN2O4. The van der Waals surface area contributed by atoms with Gasteiger partial charge >= 0.3 is 0 Å². The molecule has 2 amide bonds. The molecule has 0 heterocycles. The van der Waals surface area contributed by atoms with Gasteiger partial charge in [0.15, 0.2) is 18.2 Å². The smallest absolute Gasteiger partial charge is 0.261 e. The van der Waals surface area contributed by atoms with E-state index in [1.54, 1.807) is 19.2 Å². The molecule has 0 bridgehead atoms. The molecule has 0 aliphatic heterocycles. The molecule has 1 atom stereocenters. The molecule has 178 valence electrons. The Hall–Kier alpha value is -3.09. The Labute approximate surface area is 195 Å². The molecule has 0 unspecified atom stereocenters. The van der Waals surface area contributed by atoms with Gasteiger partial charge in [-0.2, -0.15) is 0 Å². The first-order valence-corrected chi connectivity index (χ1v) is 11.6. The number of nitrogens with one attached hydrogen (secondary N) is 1. The first kappa shape index (κ1) is 24.6. The highest BCUT2D eigenvalue weighted by Gasteiger charge is 2.30. The Bertz CT molecular complexity index is 913. The summed E-state index contributed by atoms with van der Waals surface area (Å²) in [6, 6.07) is 12.8.